The van der Waals surface area contributed by atoms with Crippen molar-refractivity contribution in [3.8, 4) is 0 Å². The monoisotopic (exact) mass is 243 g/mol. The molecule has 2 rings (SSSR count). The molecule has 98 valence electrons. The third kappa shape index (κ3) is 3.55. The third-order valence-electron chi connectivity index (χ3n) is 3.30. The Hall–Kier alpha value is -0.850. The maximum Gasteiger partial charge on any atom is 0.410 e. The molecule has 2 saturated heterocycles. The van der Waals surface area contributed by atoms with Crippen LogP contribution in [0.3, 0.4) is 0 Å². The van der Waals surface area contributed by atoms with E-state index in [1.165, 1.54) is 0 Å². The zero-order chi connectivity index (χ0) is 12.1. The average Bonchev–Trinajstić information content (AvgIpc) is 2.38. The van der Waals surface area contributed by atoms with Gasteiger partial charge in [0.25, 0.3) is 0 Å². The van der Waals surface area contributed by atoms with E-state index in [1.54, 1.807) is 4.90 Å². The molecule has 0 aliphatic carbocycles. The predicted molar refractivity (Wildman–Crippen MR) is 62.8 cm³/mol. The van der Waals surface area contributed by atoms with E-state index in [9.17, 15) is 4.79 Å². The summed E-state index contributed by atoms with van der Waals surface area (Å²) < 4.78 is 10.5. The highest BCUT2D eigenvalue weighted by molar-refractivity contribution is 5.68. The molecule has 2 aliphatic heterocycles. The maximum absolute atomic E-state index is 11.6. The number of rotatable bonds is 4. The van der Waals surface area contributed by atoms with E-state index in [0.717, 1.165) is 52.4 Å². The number of carbonyl (C=O) groups is 1. The lowest BCUT2D eigenvalue weighted by molar-refractivity contribution is 0.0132. The number of hydrogen-bond donors (Lipinski definition) is 1. The normalized spacial score (nSPS) is 27.0. The van der Waals surface area contributed by atoms with Crippen molar-refractivity contribution in [2.24, 2.45) is 5.73 Å². The van der Waals surface area contributed by atoms with Crippen LogP contribution in [0, 0.1) is 0 Å². The van der Waals surface area contributed by atoms with Gasteiger partial charge in [0, 0.05) is 45.7 Å². The molecule has 0 aromatic carbocycles. The van der Waals surface area contributed by atoms with Gasteiger partial charge in [-0.25, -0.2) is 4.79 Å². The molecule has 6 nitrogen and oxygen atoms in total. The average molecular weight is 243 g/mol. The summed E-state index contributed by atoms with van der Waals surface area (Å²) in [5, 5.41) is 0. The Balaban J connectivity index is 1.70. The van der Waals surface area contributed by atoms with Gasteiger partial charge in [-0.15, -0.1) is 0 Å². The van der Waals surface area contributed by atoms with E-state index in [0.29, 0.717) is 6.54 Å². The second kappa shape index (κ2) is 6.18. The second-order valence-electron chi connectivity index (χ2n) is 4.47. The van der Waals surface area contributed by atoms with Crippen molar-refractivity contribution in [1.29, 1.82) is 0 Å². The van der Waals surface area contributed by atoms with Crippen LogP contribution in [0.5, 0.6) is 0 Å². The first kappa shape index (κ1) is 12.6. The first-order chi connectivity index (χ1) is 8.29. The largest absolute Gasteiger partial charge is 0.445 e. The van der Waals surface area contributed by atoms with Crippen molar-refractivity contribution < 1.29 is 14.3 Å². The minimum Gasteiger partial charge on any atom is -0.445 e. The van der Waals surface area contributed by atoms with Crippen LogP contribution < -0.4 is 5.73 Å². The highest BCUT2D eigenvalue weighted by Crippen LogP contribution is 2.11. The summed E-state index contributed by atoms with van der Waals surface area (Å²) in [5.74, 6) is 0. The van der Waals surface area contributed by atoms with Crippen molar-refractivity contribution in [1.82, 2.24) is 9.80 Å². The van der Waals surface area contributed by atoms with Gasteiger partial charge >= 0.3 is 6.09 Å². The van der Waals surface area contributed by atoms with Gasteiger partial charge in [-0.2, -0.15) is 0 Å². The van der Waals surface area contributed by atoms with Crippen molar-refractivity contribution in [2.45, 2.75) is 12.5 Å². The fraction of sp³-hybridized carbons (Fsp3) is 0.909. The van der Waals surface area contributed by atoms with Gasteiger partial charge in [-0.1, -0.05) is 0 Å². The Morgan fingerprint density at radius 1 is 1.24 bits per heavy atom. The summed E-state index contributed by atoms with van der Waals surface area (Å²) in [6.45, 7) is 6.29. The van der Waals surface area contributed by atoms with Crippen LogP contribution in [0.2, 0.25) is 0 Å². The number of ether oxygens (including phenoxy) is 2. The lowest BCUT2D eigenvalue weighted by Crippen LogP contribution is -2.48. The number of cyclic esters (lactones) is 1. The van der Waals surface area contributed by atoms with Gasteiger partial charge in [0.15, 0.2) is 0 Å². The Labute approximate surface area is 102 Å². The molecule has 0 aromatic heterocycles. The minimum atomic E-state index is -0.222. The molecular weight excluding hydrogens is 222 g/mol. The number of morpholine rings is 1. The molecule has 0 bridgehead atoms. The summed E-state index contributed by atoms with van der Waals surface area (Å²) in [4.78, 5) is 15.7. The number of nitrogens with zero attached hydrogens (tertiary/aromatic N) is 2. The smallest absolute Gasteiger partial charge is 0.410 e. The van der Waals surface area contributed by atoms with E-state index in [4.69, 9.17) is 15.2 Å². The molecule has 6 heteroatoms. The van der Waals surface area contributed by atoms with Crippen LogP contribution in [0.25, 0.3) is 0 Å². The molecule has 0 saturated carbocycles. The van der Waals surface area contributed by atoms with Crippen molar-refractivity contribution in [2.75, 3.05) is 52.5 Å². The quantitative estimate of drug-likeness (QED) is 0.720. The minimum absolute atomic E-state index is 0.0952. The van der Waals surface area contributed by atoms with Crippen LogP contribution in [0.15, 0.2) is 0 Å². The summed E-state index contributed by atoms with van der Waals surface area (Å²) in [7, 11) is 0. The molecule has 1 atom stereocenters. The van der Waals surface area contributed by atoms with E-state index < -0.39 is 0 Å². The summed E-state index contributed by atoms with van der Waals surface area (Å²) in [5.41, 5.74) is 5.48. The number of nitrogens with two attached hydrogens (primary N) is 1. The summed E-state index contributed by atoms with van der Waals surface area (Å²) in [6.07, 6.45) is 0.521. The first-order valence-electron chi connectivity index (χ1n) is 6.25. The van der Waals surface area contributed by atoms with Crippen LogP contribution >= 0.6 is 0 Å². The Kier molecular flexibility index (Phi) is 4.58. The van der Waals surface area contributed by atoms with Gasteiger partial charge < -0.3 is 20.1 Å². The van der Waals surface area contributed by atoms with Crippen LogP contribution in [-0.4, -0.2) is 74.5 Å². The zero-order valence-corrected chi connectivity index (χ0v) is 10.1. The van der Waals surface area contributed by atoms with Gasteiger partial charge in [0.2, 0.25) is 0 Å². The molecule has 2 aliphatic rings. The maximum atomic E-state index is 11.6. The Morgan fingerprint density at radius 2 is 2.00 bits per heavy atom. The molecule has 2 heterocycles. The number of carbonyl (C=O) groups excluding carboxylic acids is 1. The Bertz CT molecular complexity index is 256. The highest BCUT2D eigenvalue weighted by Gasteiger charge is 2.26. The Morgan fingerprint density at radius 3 is 2.65 bits per heavy atom. The fourth-order valence-corrected chi connectivity index (χ4v) is 2.12. The van der Waals surface area contributed by atoms with Crippen molar-refractivity contribution in [3.05, 3.63) is 0 Å². The lowest BCUT2D eigenvalue weighted by atomic mass is 10.2. The van der Waals surface area contributed by atoms with Gasteiger partial charge in [0.1, 0.15) is 6.10 Å². The van der Waals surface area contributed by atoms with Gasteiger partial charge in [0.05, 0.1) is 13.2 Å². The molecular formula is C11H21N3O3. The zero-order valence-electron chi connectivity index (χ0n) is 10.1. The first-order valence-corrected chi connectivity index (χ1v) is 6.25. The SMILES string of the molecule is NCC1CCN(CCN2CCOCC2)C(=O)O1. The number of amides is 1. The van der Waals surface area contributed by atoms with E-state index >= 15 is 0 Å². The second-order valence-corrected chi connectivity index (χ2v) is 4.47. The molecule has 0 aromatic rings. The summed E-state index contributed by atoms with van der Waals surface area (Å²) in [6, 6.07) is 0. The number of hydrogen-bond acceptors (Lipinski definition) is 5. The van der Waals surface area contributed by atoms with Crippen molar-refractivity contribution in [3.63, 3.8) is 0 Å². The van der Waals surface area contributed by atoms with E-state index in [1.807, 2.05) is 0 Å². The van der Waals surface area contributed by atoms with Crippen molar-refractivity contribution >= 4 is 6.09 Å². The lowest BCUT2D eigenvalue weighted by Gasteiger charge is -2.33. The predicted octanol–water partition coefficient (Wildman–Crippen LogP) is -0.512. The fourth-order valence-electron chi connectivity index (χ4n) is 2.12. The van der Waals surface area contributed by atoms with Crippen LogP contribution in [-0.2, 0) is 9.47 Å². The molecule has 0 radical (unpaired) electrons. The molecule has 2 N–H and O–H groups in total. The molecule has 1 amide bonds. The third-order valence-corrected chi connectivity index (χ3v) is 3.30. The molecule has 0 spiro atoms. The molecule has 1 unspecified atom stereocenters. The molecule has 2 fully saturated rings. The topological polar surface area (TPSA) is 68.0 Å². The summed E-state index contributed by atoms with van der Waals surface area (Å²) >= 11 is 0. The van der Waals surface area contributed by atoms with Gasteiger partial charge in [-0.05, 0) is 0 Å². The van der Waals surface area contributed by atoms with E-state index in [2.05, 4.69) is 4.90 Å². The van der Waals surface area contributed by atoms with Crippen LogP contribution in [0.1, 0.15) is 6.42 Å². The standard InChI is InChI=1S/C11H21N3O3/c12-9-10-1-2-14(11(15)17-10)4-3-13-5-7-16-8-6-13/h10H,1-9,12H2. The highest BCUT2D eigenvalue weighted by atomic mass is 16.6. The van der Waals surface area contributed by atoms with Gasteiger partial charge in [-0.3, -0.25) is 4.90 Å². The molecule has 17 heavy (non-hydrogen) atoms. The van der Waals surface area contributed by atoms with Crippen LogP contribution in [0.4, 0.5) is 4.79 Å². The van der Waals surface area contributed by atoms with E-state index in [-0.39, 0.29) is 12.2 Å².